The number of pyridine rings is 1. The number of fused-ring (bicyclic) bond motifs is 7. The molecule has 7 nitrogen and oxygen atoms in total. The minimum atomic E-state index is -0.736. The van der Waals surface area contributed by atoms with Crippen molar-refractivity contribution in [1.29, 1.82) is 0 Å². The van der Waals surface area contributed by atoms with Crippen LogP contribution in [0.5, 0.6) is 11.5 Å². The Labute approximate surface area is 455 Å². The third-order valence-electron chi connectivity index (χ3n) is 13.9. The normalized spacial score (nSPS) is 18.5. The van der Waals surface area contributed by atoms with Crippen molar-refractivity contribution in [3.63, 3.8) is 0 Å². The summed E-state index contributed by atoms with van der Waals surface area (Å²) in [5.41, 5.74) is 4.16. The van der Waals surface area contributed by atoms with E-state index < -0.39 is 90.4 Å². The average Bonchev–Trinajstić information content (AvgIpc) is 1.47. The number of ether oxygens (including phenoxy) is 1. The van der Waals surface area contributed by atoms with E-state index in [2.05, 4.69) is 52.3 Å². The summed E-state index contributed by atoms with van der Waals surface area (Å²) < 4.78 is 146. The van der Waals surface area contributed by atoms with E-state index in [0.29, 0.717) is 59.3 Å². The van der Waals surface area contributed by atoms with E-state index in [1.54, 1.807) is 71.4 Å². The zero-order valence-corrected chi connectivity index (χ0v) is 41.6. The van der Waals surface area contributed by atoms with Crippen molar-refractivity contribution in [2.24, 2.45) is 5.92 Å². The van der Waals surface area contributed by atoms with Gasteiger partial charge in [0, 0.05) is 6.20 Å². The summed E-state index contributed by atoms with van der Waals surface area (Å²) in [4.78, 5) is 32.5. The van der Waals surface area contributed by atoms with Gasteiger partial charge in [-0.1, -0.05) is 57.0 Å². The fourth-order valence-electron chi connectivity index (χ4n) is 10.6. The average molecular weight is 1140 g/mol. The first kappa shape index (κ1) is 31.5. The Hall–Kier alpha value is -7.99. The number of Topliss-reactive ketones (excluding diaryl/α,β-unsaturated/α-hetero) is 2. The molecule has 73 heavy (non-hydrogen) atoms. The number of benzene rings is 8. The van der Waals surface area contributed by atoms with Gasteiger partial charge in [-0.25, -0.2) is 0 Å². The molecule has 0 radical (unpaired) electrons. The van der Waals surface area contributed by atoms with Crippen LogP contribution in [0.2, 0.25) is 0 Å². The number of carbonyl (C=O) groups excluding carboxylic acids is 2. The molecule has 1 saturated carbocycles. The predicted molar refractivity (Wildman–Crippen MR) is 286 cm³/mol. The van der Waals surface area contributed by atoms with Gasteiger partial charge in [0.2, 0.25) is 0 Å². The van der Waals surface area contributed by atoms with Crippen LogP contribution in [0, 0.1) is 21.9 Å². The van der Waals surface area contributed by atoms with Gasteiger partial charge in [-0.15, -0.1) is 0 Å². The number of aromatic nitrogens is 4. The molecule has 0 N–H and O–H groups in total. The van der Waals surface area contributed by atoms with Crippen molar-refractivity contribution in [3.05, 3.63) is 220 Å². The molecule has 8 aromatic carbocycles. The molecule has 2 aliphatic carbocycles. The smallest absolute Gasteiger partial charge is 0.0617 e. The standard InChI is InChI=1S/C65H48N4O3.Pt/c1-65(2,3)45-30-31-66-62(33-45)69-57-29-26-44(41-16-7-4-8-17-41)32-54(57)50-28-27-49(37-60(50)69)72-48-23-15-22-46(34-48)67-40-68(59-25-14-13-24-58(59)67)64-51(42-18-9-5-10-19-42)38-53-52-35-47(70)36-55(52)61(71)39-56(53)63(64)43-20-11-6-12-21-43;/h4-33,38,52,55H,35-36,39H2,1-3H3;/q-2;/i4D,5D,6D,7D,8D,9D,10D,11D,12D,16D,17D,18D,19D,20D,21D;. The summed E-state index contributed by atoms with van der Waals surface area (Å²) in [6, 6.07) is 25.5. The van der Waals surface area contributed by atoms with Crippen LogP contribution in [0.25, 0.3) is 83.4 Å². The number of hydrogen-bond acceptors (Lipinski definition) is 4. The second-order valence-corrected chi connectivity index (χ2v) is 20.2. The molecule has 0 spiro atoms. The van der Waals surface area contributed by atoms with Crippen molar-refractivity contribution in [1.82, 2.24) is 18.7 Å². The number of hydrogen-bond donors (Lipinski definition) is 0. The molecule has 1 fully saturated rings. The number of nitrogens with zero attached hydrogens (tertiary/aromatic N) is 4. The Balaban J connectivity index is 1.03. The van der Waals surface area contributed by atoms with Gasteiger partial charge in [-0.05, 0) is 28.2 Å². The van der Waals surface area contributed by atoms with Gasteiger partial charge in [0.15, 0.2) is 0 Å². The van der Waals surface area contributed by atoms with Gasteiger partial charge in [0.25, 0.3) is 0 Å². The van der Waals surface area contributed by atoms with E-state index in [0.717, 1.165) is 5.56 Å². The molecular weight excluding hydrogens is 1080 g/mol. The van der Waals surface area contributed by atoms with Crippen LogP contribution in [-0.4, -0.2) is 30.3 Å². The Morgan fingerprint density at radius 1 is 0.644 bits per heavy atom. The van der Waals surface area contributed by atoms with Crippen LogP contribution in [0.4, 0.5) is 0 Å². The summed E-state index contributed by atoms with van der Waals surface area (Å²) >= 11 is 2.08. The second-order valence-electron chi connectivity index (χ2n) is 19.2. The maximum atomic E-state index is 14.4. The summed E-state index contributed by atoms with van der Waals surface area (Å²) in [6.45, 7) is 6.29. The first-order valence-electron chi connectivity index (χ1n) is 31.1. The van der Waals surface area contributed by atoms with Crippen molar-refractivity contribution in [3.8, 4) is 62.1 Å². The number of rotatable bonds is 8. The maximum absolute atomic E-state index is 14.4. The molecule has 2 atom stereocenters. The molecule has 3 heterocycles. The molecule has 2 unspecified atom stereocenters. The first-order chi connectivity index (χ1) is 41.8. The minimum absolute atomic E-state index is 0.00343. The zero-order chi connectivity index (χ0) is 62.6. The molecule has 0 aliphatic heterocycles. The molecule has 0 saturated heterocycles. The number of para-hydroxylation sites is 2. The van der Waals surface area contributed by atoms with E-state index in [1.807, 2.05) is 39.5 Å². The van der Waals surface area contributed by atoms with Gasteiger partial charge in [-0.2, -0.15) is 0 Å². The summed E-state index contributed by atoms with van der Waals surface area (Å²) in [6.07, 6.45) is 1.36. The van der Waals surface area contributed by atoms with Gasteiger partial charge in [0.1, 0.15) is 0 Å². The molecule has 11 aromatic rings. The predicted octanol–water partition coefficient (Wildman–Crippen LogP) is 14.9. The third-order valence-corrected chi connectivity index (χ3v) is 14.9. The van der Waals surface area contributed by atoms with Crippen LogP contribution >= 0.6 is 0 Å². The van der Waals surface area contributed by atoms with Gasteiger partial charge < -0.3 is 0 Å². The molecular formula is C65H48N4O3Pt-2. The zero-order valence-electron chi connectivity index (χ0n) is 54.3. The van der Waals surface area contributed by atoms with E-state index in [9.17, 15) is 15.1 Å². The van der Waals surface area contributed by atoms with Crippen molar-refractivity contribution in [2.75, 3.05) is 0 Å². The monoisotopic (exact) mass is 1140 g/mol. The number of imidazole rings is 1. The van der Waals surface area contributed by atoms with E-state index in [1.165, 1.54) is 0 Å². The molecule has 0 amide bonds. The molecule has 13 rings (SSSR count). The molecule has 2 aliphatic rings. The Morgan fingerprint density at radius 3 is 2.07 bits per heavy atom. The van der Waals surface area contributed by atoms with Gasteiger partial charge >= 0.3 is 359 Å². The van der Waals surface area contributed by atoms with Crippen LogP contribution < -0.4 is 4.74 Å². The van der Waals surface area contributed by atoms with Crippen LogP contribution in [0.15, 0.2) is 188 Å². The number of carbonyl (C=O) groups is 2. The molecule has 358 valence electrons. The third kappa shape index (κ3) is 7.68. The SMILES string of the molecule is [2H]c1c([2H])c([2H])c(-c2ccc3c(c2)c2ccc(Oc4[c-]c(-n5[c](=[Pt])n(-c6c(-c7c([2H])c([2H])c([2H])c([2H])c7[2H])cc7c(c6-c6c([2H])c([2H])c([2H])c([2H])c6[2H])CC(=O)C6CC(=O)CC76)c6ccccc65)ccc4)[c-]c2n3-c2cc(C(C)(C)C)ccn2)c([2H])c1[2H]. The summed E-state index contributed by atoms with van der Waals surface area (Å²) in [5, 5.41) is 1.39. The fourth-order valence-corrected chi connectivity index (χ4v) is 11.7. The molecule has 0 bridgehead atoms. The van der Waals surface area contributed by atoms with E-state index in [-0.39, 0.29) is 98.9 Å². The Kier molecular flexibility index (Phi) is 7.60. The Morgan fingerprint density at radius 2 is 1.33 bits per heavy atom. The van der Waals surface area contributed by atoms with Crippen LogP contribution in [0.3, 0.4) is 0 Å². The van der Waals surface area contributed by atoms with E-state index in [4.69, 9.17) is 24.8 Å². The summed E-state index contributed by atoms with van der Waals surface area (Å²) in [7, 11) is 0. The first-order valence-corrected chi connectivity index (χ1v) is 24.7. The Bertz CT molecular complexity index is 4940. The topological polar surface area (TPSA) is 71.0 Å². The van der Waals surface area contributed by atoms with Crippen molar-refractivity contribution in [2.45, 2.75) is 51.4 Å². The van der Waals surface area contributed by atoms with Gasteiger partial charge in [0.05, 0.1) is 6.85 Å². The fraction of sp³-hybridized carbons (Fsp3) is 0.138. The number of ketones is 2. The van der Waals surface area contributed by atoms with E-state index >= 15 is 0 Å². The minimum Gasteiger partial charge on any atom is -0.0617 e. The van der Waals surface area contributed by atoms with Gasteiger partial charge in [-0.3, -0.25) is 0 Å². The van der Waals surface area contributed by atoms with Crippen LogP contribution in [-0.2, 0) is 40.8 Å². The second kappa shape index (κ2) is 17.6. The van der Waals surface area contributed by atoms with Crippen molar-refractivity contribution < 1.29 is 54.2 Å². The quantitative estimate of drug-likeness (QED) is 0.142. The molecule has 3 aromatic heterocycles. The van der Waals surface area contributed by atoms with Crippen LogP contribution in [0.1, 0.15) is 76.8 Å². The molecule has 8 heteroatoms. The summed E-state index contributed by atoms with van der Waals surface area (Å²) in [5.74, 6) is -0.830. The van der Waals surface area contributed by atoms with Crippen molar-refractivity contribution >= 4 is 44.4 Å².